The molecule has 2 fully saturated rings. The minimum absolute atomic E-state index is 0.0762. The Bertz CT molecular complexity index is 368. The molecule has 2 aliphatic rings. The third-order valence-corrected chi connectivity index (χ3v) is 6.64. The van der Waals surface area contributed by atoms with Crippen LogP contribution in [0.15, 0.2) is 0 Å². The van der Waals surface area contributed by atoms with Gasteiger partial charge in [0.1, 0.15) is 6.04 Å². The minimum atomic E-state index is -0.921. The summed E-state index contributed by atoms with van der Waals surface area (Å²) < 4.78 is 0.171. The van der Waals surface area contributed by atoms with Gasteiger partial charge in [0.2, 0.25) is 0 Å². The lowest BCUT2D eigenvalue weighted by molar-refractivity contribution is -0.141. The van der Waals surface area contributed by atoms with Crippen LogP contribution in [0.25, 0.3) is 0 Å². The van der Waals surface area contributed by atoms with E-state index in [0.717, 1.165) is 12.8 Å². The van der Waals surface area contributed by atoms with E-state index in [1.807, 2.05) is 6.92 Å². The van der Waals surface area contributed by atoms with Crippen molar-refractivity contribution in [1.29, 1.82) is 0 Å². The second-order valence-electron chi connectivity index (χ2n) is 5.09. The first kappa shape index (κ1) is 14.8. The smallest absolute Gasteiger partial charge is 0.327 e. The summed E-state index contributed by atoms with van der Waals surface area (Å²) >= 11 is 3.30. The molecule has 0 aromatic carbocycles. The van der Waals surface area contributed by atoms with E-state index in [1.54, 1.807) is 11.8 Å². The highest BCUT2D eigenvalue weighted by molar-refractivity contribution is 8.00. The molecule has 2 amide bonds. The van der Waals surface area contributed by atoms with Gasteiger partial charge in [0.15, 0.2) is 0 Å². The van der Waals surface area contributed by atoms with Crippen molar-refractivity contribution < 1.29 is 14.7 Å². The van der Waals surface area contributed by atoms with Crippen LogP contribution in [-0.4, -0.2) is 56.7 Å². The van der Waals surface area contributed by atoms with Gasteiger partial charge in [-0.15, -0.1) is 11.8 Å². The average Bonchev–Trinajstić information content (AvgIpc) is 2.70. The van der Waals surface area contributed by atoms with E-state index in [1.165, 1.54) is 23.1 Å². The number of carboxylic acid groups (broad SMARTS) is 1. The maximum atomic E-state index is 12.2. The zero-order valence-electron chi connectivity index (χ0n) is 11.2. The molecular weight excluding hydrogens is 284 g/mol. The van der Waals surface area contributed by atoms with Crippen molar-refractivity contribution in [2.24, 2.45) is 0 Å². The molecule has 2 N–H and O–H groups in total. The molecule has 0 radical (unpaired) electrons. The molecule has 7 heteroatoms. The predicted octanol–water partition coefficient (Wildman–Crippen LogP) is 1.83. The summed E-state index contributed by atoms with van der Waals surface area (Å²) in [4.78, 5) is 24.8. The van der Waals surface area contributed by atoms with Crippen LogP contribution in [0.4, 0.5) is 4.79 Å². The van der Waals surface area contributed by atoms with Crippen molar-refractivity contribution in [3.8, 4) is 0 Å². The molecule has 0 aromatic rings. The lowest BCUT2D eigenvalue weighted by atomic mass is 9.84. The maximum Gasteiger partial charge on any atom is 0.327 e. The SMILES string of the molecule is CSC1(CNC(=O)N2C(C)SCC2C(=O)O)CCC1. The van der Waals surface area contributed by atoms with Gasteiger partial charge in [-0.2, -0.15) is 11.8 Å². The minimum Gasteiger partial charge on any atom is -0.480 e. The summed E-state index contributed by atoms with van der Waals surface area (Å²) in [6.07, 6.45) is 5.53. The molecule has 1 aliphatic carbocycles. The number of aliphatic carboxylic acids is 1. The van der Waals surface area contributed by atoms with Gasteiger partial charge >= 0.3 is 12.0 Å². The van der Waals surface area contributed by atoms with Crippen molar-refractivity contribution in [3.63, 3.8) is 0 Å². The maximum absolute atomic E-state index is 12.2. The summed E-state index contributed by atoms with van der Waals surface area (Å²) in [5.41, 5.74) is 0. The fourth-order valence-corrected chi connectivity index (χ4v) is 4.57. The Balaban J connectivity index is 1.93. The van der Waals surface area contributed by atoms with Gasteiger partial charge in [-0.3, -0.25) is 4.90 Å². The zero-order chi connectivity index (χ0) is 14.0. The number of amides is 2. The Morgan fingerprint density at radius 2 is 2.21 bits per heavy atom. The molecule has 0 spiro atoms. The lowest BCUT2D eigenvalue weighted by Gasteiger charge is -2.41. The molecule has 2 atom stereocenters. The third-order valence-electron chi connectivity index (χ3n) is 4.00. The molecule has 2 unspecified atom stereocenters. The Morgan fingerprint density at radius 3 is 2.68 bits per heavy atom. The molecular formula is C12H20N2O3S2. The summed E-state index contributed by atoms with van der Waals surface area (Å²) in [5.74, 6) is -0.451. The lowest BCUT2D eigenvalue weighted by Crippen LogP contribution is -2.53. The number of thioether (sulfide) groups is 2. The second kappa shape index (κ2) is 5.83. The van der Waals surface area contributed by atoms with Gasteiger partial charge in [0.25, 0.3) is 0 Å². The van der Waals surface area contributed by atoms with E-state index in [2.05, 4.69) is 11.6 Å². The largest absolute Gasteiger partial charge is 0.480 e. The van der Waals surface area contributed by atoms with Crippen molar-refractivity contribution in [1.82, 2.24) is 10.2 Å². The molecule has 5 nitrogen and oxygen atoms in total. The van der Waals surface area contributed by atoms with Crippen LogP contribution in [0.1, 0.15) is 26.2 Å². The summed E-state index contributed by atoms with van der Waals surface area (Å²) in [6.45, 7) is 2.51. The molecule has 1 saturated heterocycles. The summed E-state index contributed by atoms with van der Waals surface area (Å²) in [7, 11) is 0. The van der Waals surface area contributed by atoms with E-state index >= 15 is 0 Å². The summed E-state index contributed by atoms with van der Waals surface area (Å²) in [5, 5.41) is 12.0. The van der Waals surface area contributed by atoms with E-state index in [4.69, 9.17) is 5.11 Å². The number of rotatable bonds is 4. The summed E-state index contributed by atoms with van der Waals surface area (Å²) in [6, 6.07) is -0.947. The van der Waals surface area contributed by atoms with Gasteiger partial charge in [-0.05, 0) is 26.0 Å². The van der Waals surface area contributed by atoms with Crippen molar-refractivity contribution in [2.75, 3.05) is 18.6 Å². The normalized spacial score (nSPS) is 28.8. The number of nitrogens with one attached hydrogen (secondary N) is 1. The van der Waals surface area contributed by atoms with Crippen LogP contribution in [0.3, 0.4) is 0 Å². The Hall–Kier alpha value is -0.560. The number of carbonyl (C=O) groups excluding carboxylic acids is 1. The van der Waals surface area contributed by atoms with Crippen molar-refractivity contribution >= 4 is 35.5 Å². The quantitative estimate of drug-likeness (QED) is 0.829. The van der Waals surface area contributed by atoms with Gasteiger partial charge < -0.3 is 10.4 Å². The van der Waals surface area contributed by atoms with Gasteiger partial charge in [0, 0.05) is 17.0 Å². The number of nitrogens with zero attached hydrogens (tertiary/aromatic N) is 1. The predicted molar refractivity (Wildman–Crippen MR) is 78.7 cm³/mol. The highest BCUT2D eigenvalue weighted by Crippen LogP contribution is 2.42. The first-order valence-electron chi connectivity index (χ1n) is 6.45. The Morgan fingerprint density at radius 1 is 1.53 bits per heavy atom. The zero-order valence-corrected chi connectivity index (χ0v) is 12.9. The molecule has 19 heavy (non-hydrogen) atoms. The average molecular weight is 304 g/mol. The van der Waals surface area contributed by atoms with Gasteiger partial charge in [-0.1, -0.05) is 6.42 Å². The van der Waals surface area contributed by atoms with Crippen LogP contribution in [0, 0.1) is 0 Å². The molecule has 0 aromatic heterocycles. The Kier molecular flexibility index (Phi) is 4.55. The molecule has 1 saturated carbocycles. The highest BCUT2D eigenvalue weighted by atomic mass is 32.2. The van der Waals surface area contributed by atoms with Gasteiger partial charge in [0.05, 0.1) is 5.37 Å². The molecule has 1 heterocycles. The number of hydrogen-bond donors (Lipinski definition) is 2. The topological polar surface area (TPSA) is 69.6 Å². The number of carbonyl (C=O) groups is 2. The van der Waals surface area contributed by atoms with E-state index in [0.29, 0.717) is 12.3 Å². The first-order chi connectivity index (χ1) is 8.99. The Labute approximate surface area is 121 Å². The van der Waals surface area contributed by atoms with Crippen LogP contribution < -0.4 is 5.32 Å². The van der Waals surface area contributed by atoms with Crippen LogP contribution >= 0.6 is 23.5 Å². The highest BCUT2D eigenvalue weighted by Gasteiger charge is 2.41. The molecule has 1 aliphatic heterocycles. The first-order valence-corrected chi connectivity index (χ1v) is 8.72. The fourth-order valence-electron chi connectivity index (χ4n) is 2.49. The van der Waals surface area contributed by atoms with Crippen molar-refractivity contribution in [3.05, 3.63) is 0 Å². The van der Waals surface area contributed by atoms with Crippen LogP contribution in [0.2, 0.25) is 0 Å². The molecule has 0 bridgehead atoms. The van der Waals surface area contributed by atoms with Crippen LogP contribution in [-0.2, 0) is 4.79 Å². The van der Waals surface area contributed by atoms with Gasteiger partial charge in [-0.25, -0.2) is 9.59 Å². The van der Waals surface area contributed by atoms with Crippen molar-refractivity contribution in [2.45, 2.75) is 42.3 Å². The number of carboxylic acids is 1. The second-order valence-corrected chi connectivity index (χ2v) is 7.72. The standard InChI is InChI=1S/C12H20N2O3S2/c1-8-14(9(6-19-8)10(15)16)11(17)13-7-12(18-2)4-3-5-12/h8-9H,3-7H2,1-2H3,(H,13,17)(H,15,16). The number of hydrogen-bond acceptors (Lipinski definition) is 4. The van der Waals surface area contributed by atoms with Crippen LogP contribution in [0.5, 0.6) is 0 Å². The number of urea groups is 1. The molecule has 108 valence electrons. The van der Waals surface area contributed by atoms with E-state index in [9.17, 15) is 9.59 Å². The molecule has 2 rings (SSSR count). The monoisotopic (exact) mass is 304 g/mol. The fraction of sp³-hybridized carbons (Fsp3) is 0.833. The third kappa shape index (κ3) is 2.97. The van der Waals surface area contributed by atoms with E-state index < -0.39 is 12.0 Å². The van der Waals surface area contributed by atoms with E-state index in [-0.39, 0.29) is 16.2 Å².